The van der Waals surface area contributed by atoms with E-state index in [1.54, 1.807) is 24.3 Å². The van der Waals surface area contributed by atoms with Gasteiger partial charge in [0.15, 0.2) is 5.78 Å². The molecule has 1 aliphatic rings. The van der Waals surface area contributed by atoms with Crippen molar-refractivity contribution in [1.82, 2.24) is 5.32 Å². The molecule has 1 aliphatic heterocycles. The molecule has 2 aromatic rings. The third-order valence-electron chi connectivity index (χ3n) is 4.26. The van der Waals surface area contributed by atoms with Crippen molar-refractivity contribution < 1.29 is 14.6 Å². The zero-order valence-corrected chi connectivity index (χ0v) is 15.1. The summed E-state index contributed by atoms with van der Waals surface area (Å²) in [6, 6.07) is 15.7. The highest BCUT2D eigenvalue weighted by Crippen LogP contribution is 2.35. The zero-order chi connectivity index (χ0) is 17.6. The van der Waals surface area contributed by atoms with Gasteiger partial charge >= 0.3 is 0 Å². The van der Waals surface area contributed by atoms with Crippen LogP contribution in [0.15, 0.2) is 53.4 Å². The van der Waals surface area contributed by atoms with Gasteiger partial charge in [-0.25, -0.2) is 0 Å². The Bertz CT molecular complexity index is 717. The Labute approximate surface area is 152 Å². The molecule has 0 amide bonds. The van der Waals surface area contributed by atoms with Crippen molar-refractivity contribution in [3.05, 3.63) is 59.7 Å². The van der Waals surface area contributed by atoms with Crippen molar-refractivity contribution >= 4 is 17.5 Å². The number of carbonyl (C=O) groups excluding carboxylic acids is 1. The average molecular weight is 357 g/mol. The fourth-order valence-electron chi connectivity index (χ4n) is 2.87. The Kier molecular flexibility index (Phi) is 6.13. The van der Waals surface area contributed by atoms with E-state index in [2.05, 4.69) is 29.6 Å². The molecule has 2 atom stereocenters. The van der Waals surface area contributed by atoms with Crippen molar-refractivity contribution in [3.63, 3.8) is 0 Å². The monoisotopic (exact) mass is 357 g/mol. The topological polar surface area (TPSA) is 58.6 Å². The van der Waals surface area contributed by atoms with Gasteiger partial charge in [0.05, 0.1) is 0 Å². The summed E-state index contributed by atoms with van der Waals surface area (Å²) < 4.78 is 5.61. The molecule has 0 saturated heterocycles. The number of hydrogen-bond acceptors (Lipinski definition) is 5. The molecule has 0 unspecified atom stereocenters. The van der Waals surface area contributed by atoms with Gasteiger partial charge in [-0.3, -0.25) is 4.79 Å². The van der Waals surface area contributed by atoms with E-state index in [1.807, 2.05) is 11.8 Å². The molecule has 0 aliphatic carbocycles. The van der Waals surface area contributed by atoms with Crippen LogP contribution < -0.4 is 10.1 Å². The smallest absolute Gasteiger partial charge is 0.159 e. The molecule has 0 radical (unpaired) electrons. The van der Waals surface area contributed by atoms with Gasteiger partial charge in [-0.2, -0.15) is 0 Å². The fourth-order valence-corrected chi connectivity index (χ4v) is 3.99. The second-order valence-corrected chi connectivity index (χ2v) is 7.32. The largest absolute Gasteiger partial charge is 0.491 e. The Morgan fingerprint density at radius 3 is 2.80 bits per heavy atom. The molecule has 0 fully saturated rings. The first kappa shape index (κ1) is 18.0. The molecule has 1 heterocycles. The lowest BCUT2D eigenvalue weighted by atomic mass is 10.0. The number of nitrogens with one attached hydrogen (secondary N) is 1. The lowest BCUT2D eigenvalue weighted by Gasteiger charge is -2.27. The van der Waals surface area contributed by atoms with E-state index in [9.17, 15) is 9.90 Å². The van der Waals surface area contributed by atoms with Gasteiger partial charge in [0, 0.05) is 23.0 Å². The number of thioether (sulfide) groups is 1. The van der Waals surface area contributed by atoms with E-state index in [4.69, 9.17) is 4.74 Å². The number of hydrogen-bond donors (Lipinski definition) is 2. The van der Waals surface area contributed by atoms with Crippen molar-refractivity contribution in [2.24, 2.45) is 0 Å². The van der Waals surface area contributed by atoms with Crippen LogP contribution in [-0.4, -0.2) is 35.9 Å². The van der Waals surface area contributed by atoms with Crippen molar-refractivity contribution in [2.45, 2.75) is 30.4 Å². The summed E-state index contributed by atoms with van der Waals surface area (Å²) in [5, 5.41) is 13.6. The number of fused-ring (bicyclic) bond motifs is 1. The van der Waals surface area contributed by atoms with Crippen LogP contribution in [0, 0.1) is 0 Å². The molecule has 25 heavy (non-hydrogen) atoms. The molecule has 2 N–H and O–H groups in total. The molecule has 3 rings (SSSR count). The lowest BCUT2D eigenvalue weighted by molar-refractivity contribution is 0.101. The van der Waals surface area contributed by atoms with Gasteiger partial charge in [-0.1, -0.05) is 18.2 Å². The minimum atomic E-state index is -0.589. The van der Waals surface area contributed by atoms with Crippen molar-refractivity contribution in [1.29, 1.82) is 0 Å². The molecule has 0 aromatic heterocycles. The summed E-state index contributed by atoms with van der Waals surface area (Å²) in [5.74, 6) is 1.77. The van der Waals surface area contributed by atoms with Gasteiger partial charge < -0.3 is 15.2 Å². The highest BCUT2D eigenvalue weighted by molar-refractivity contribution is 7.99. The first-order chi connectivity index (χ1) is 12.1. The quantitative estimate of drug-likeness (QED) is 0.743. The predicted molar refractivity (Wildman–Crippen MR) is 100 cm³/mol. The highest BCUT2D eigenvalue weighted by Gasteiger charge is 2.20. The summed E-state index contributed by atoms with van der Waals surface area (Å²) in [6.45, 7) is 2.23. The highest BCUT2D eigenvalue weighted by atomic mass is 32.2. The summed E-state index contributed by atoms with van der Waals surface area (Å²) in [5.41, 5.74) is 1.97. The van der Waals surface area contributed by atoms with Crippen LogP contribution in [0.2, 0.25) is 0 Å². The summed E-state index contributed by atoms with van der Waals surface area (Å²) in [7, 11) is 0. The molecule has 4 nitrogen and oxygen atoms in total. The SMILES string of the molecule is CC(=O)c1ccc(OC[C@H](O)CN[C@H]2CCSc3ccccc32)cc1. The van der Waals surface area contributed by atoms with Gasteiger partial charge in [0.25, 0.3) is 0 Å². The van der Waals surface area contributed by atoms with Crippen LogP contribution in [0.3, 0.4) is 0 Å². The number of aliphatic hydroxyl groups excluding tert-OH is 1. The van der Waals surface area contributed by atoms with Crippen molar-refractivity contribution in [3.8, 4) is 5.75 Å². The summed E-state index contributed by atoms with van der Waals surface area (Å²) in [4.78, 5) is 12.6. The third kappa shape index (κ3) is 4.84. The normalized spacial score (nSPS) is 17.6. The summed E-state index contributed by atoms with van der Waals surface area (Å²) in [6.07, 6.45) is 0.469. The van der Waals surface area contributed by atoms with Gasteiger partial charge in [-0.05, 0) is 55.0 Å². The molecule has 5 heteroatoms. The van der Waals surface area contributed by atoms with E-state index in [-0.39, 0.29) is 18.4 Å². The minimum absolute atomic E-state index is 0.0294. The van der Waals surface area contributed by atoms with Crippen LogP contribution in [0.25, 0.3) is 0 Å². The fraction of sp³-hybridized carbons (Fsp3) is 0.350. The zero-order valence-electron chi connectivity index (χ0n) is 14.3. The Balaban J connectivity index is 1.47. The first-order valence-electron chi connectivity index (χ1n) is 8.50. The molecule has 2 aromatic carbocycles. The number of rotatable bonds is 7. The number of carbonyl (C=O) groups is 1. The Morgan fingerprint density at radius 1 is 1.28 bits per heavy atom. The van der Waals surface area contributed by atoms with Crippen LogP contribution in [0.1, 0.15) is 35.3 Å². The number of aliphatic hydroxyl groups is 1. The van der Waals surface area contributed by atoms with E-state index in [1.165, 1.54) is 17.4 Å². The average Bonchev–Trinajstić information content (AvgIpc) is 2.65. The molecule has 0 saturated carbocycles. The lowest BCUT2D eigenvalue weighted by Crippen LogP contribution is -2.35. The maximum atomic E-state index is 11.3. The molecule has 0 bridgehead atoms. The van der Waals surface area contributed by atoms with Gasteiger partial charge in [0.1, 0.15) is 18.5 Å². The van der Waals surface area contributed by atoms with Crippen molar-refractivity contribution in [2.75, 3.05) is 18.9 Å². The third-order valence-corrected chi connectivity index (χ3v) is 5.38. The second-order valence-electron chi connectivity index (χ2n) is 6.18. The number of ketones is 1. The number of benzene rings is 2. The molecule has 0 spiro atoms. The maximum absolute atomic E-state index is 11.3. The van der Waals surface area contributed by atoms with Gasteiger partial charge in [-0.15, -0.1) is 11.8 Å². The minimum Gasteiger partial charge on any atom is -0.491 e. The molecular formula is C20H23NO3S. The van der Waals surface area contributed by atoms with E-state index in [0.29, 0.717) is 17.9 Å². The van der Waals surface area contributed by atoms with Crippen LogP contribution in [0.5, 0.6) is 5.75 Å². The van der Waals surface area contributed by atoms with E-state index >= 15 is 0 Å². The molecule has 132 valence electrons. The second kappa shape index (κ2) is 8.52. The van der Waals surface area contributed by atoms with Gasteiger partial charge in [0.2, 0.25) is 0 Å². The predicted octanol–water partition coefficient (Wildman–Crippen LogP) is 3.46. The molecular weight excluding hydrogens is 334 g/mol. The number of ether oxygens (including phenoxy) is 1. The van der Waals surface area contributed by atoms with Crippen LogP contribution >= 0.6 is 11.8 Å². The Hall–Kier alpha value is -1.82. The summed E-state index contributed by atoms with van der Waals surface area (Å²) >= 11 is 1.89. The van der Waals surface area contributed by atoms with Crippen LogP contribution in [-0.2, 0) is 0 Å². The van der Waals surface area contributed by atoms with E-state index < -0.39 is 6.10 Å². The standard InChI is InChI=1S/C20H23NO3S/c1-14(22)15-6-8-17(9-7-15)24-13-16(23)12-21-19-10-11-25-20-5-3-2-4-18(19)20/h2-9,16,19,21,23H,10-13H2,1H3/t16-,19+/m1/s1. The maximum Gasteiger partial charge on any atom is 0.159 e. The van der Waals surface area contributed by atoms with E-state index in [0.717, 1.165) is 12.2 Å². The number of Topliss-reactive ketones (excluding diaryl/α,β-unsaturated/α-hetero) is 1. The Morgan fingerprint density at radius 2 is 2.04 bits per heavy atom. The first-order valence-corrected chi connectivity index (χ1v) is 9.49. The van der Waals surface area contributed by atoms with Crippen LogP contribution in [0.4, 0.5) is 0 Å².